The Labute approximate surface area is 103 Å². The second-order valence-corrected chi connectivity index (χ2v) is 4.82. The lowest BCUT2D eigenvalue weighted by Crippen LogP contribution is -2.41. The van der Waals surface area contributed by atoms with Gasteiger partial charge in [-0.1, -0.05) is 12.1 Å². The summed E-state index contributed by atoms with van der Waals surface area (Å²) in [5.41, 5.74) is 1.26. The molecule has 1 heterocycles. The average Bonchev–Trinajstić information content (AvgIpc) is 2.33. The second-order valence-electron chi connectivity index (χ2n) is 4.82. The van der Waals surface area contributed by atoms with E-state index in [0.717, 1.165) is 32.5 Å². The molecule has 1 saturated heterocycles. The van der Waals surface area contributed by atoms with Crippen LogP contribution < -0.4 is 5.32 Å². The third-order valence-electron chi connectivity index (χ3n) is 3.22. The fourth-order valence-corrected chi connectivity index (χ4v) is 2.31. The van der Waals surface area contributed by atoms with Crippen LogP contribution in [0, 0.1) is 0 Å². The van der Waals surface area contributed by atoms with Crippen LogP contribution in [0.25, 0.3) is 0 Å². The Bertz CT molecular complexity index is 331. The zero-order valence-electron chi connectivity index (χ0n) is 10.4. The van der Waals surface area contributed by atoms with Crippen LogP contribution in [0.1, 0.15) is 25.3 Å². The first-order chi connectivity index (χ1) is 8.24. The highest BCUT2D eigenvalue weighted by molar-refractivity contribution is 5.26. The maximum atomic E-state index is 9.22. The number of benzene rings is 1. The molecular formula is C14H21NO2. The third-order valence-corrected chi connectivity index (χ3v) is 3.22. The first kappa shape index (κ1) is 12.4. The van der Waals surface area contributed by atoms with Crippen molar-refractivity contribution in [2.75, 3.05) is 13.2 Å². The number of aromatic hydroxyl groups is 1. The Kier molecular flexibility index (Phi) is 4.40. The summed E-state index contributed by atoms with van der Waals surface area (Å²) in [6.07, 6.45) is 3.22. The quantitative estimate of drug-likeness (QED) is 0.839. The summed E-state index contributed by atoms with van der Waals surface area (Å²) in [5.74, 6) is 0.332. The van der Waals surface area contributed by atoms with Crippen molar-refractivity contribution in [1.82, 2.24) is 5.32 Å². The van der Waals surface area contributed by atoms with Crippen LogP contribution in [0.15, 0.2) is 24.3 Å². The molecule has 1 aromatic carbocycles. The normalized spacial score (nSPS) is 19.1. The molecule has 0 amide bonds. The zero-order chi connectivity index (χ0) is 12.1. The van der Waals surface area contributed by atoms with Gasteiger partial charge in [0.2, 0.25) is 0 Å². The van der Waals surface area contributed by atoms with Gasteiger partial charge in [-0.25, -0.2) is 0 Å². The molecule has 3 heteroatoms. The first-order valence-electron chi connectivity index (χ1n) is 6.36. The molecular weight excluding hydrogens is 214 g/mol. The summed E-state index contributed by atoms with van der Waals surface area (Å²) in [6.45, 7) is 3.97. The Balaban J connectivity index is 1.79. The van der Waals surface area contributed by atoms with Gasteiger partial charge < -0.3 is 15.2 Å². The standard InChI is InChI=1S/C14H21NO2/c1-11(15-13-6-8-17-9-7-13)10-12-2-4-14(16)5-3-12/h2-5,11,13,15-16H,6-10H2,1H3. The maximum absolute atomic E-state index is 9.22. The van der Waals surface area contributed by atoms with E-state index in [1.165, 1.54) is 5.56 Å². The first-order valence-corrected chi connectivity index (χ1v) is 6.36. The summed E-state index contributed by atoms with van der Waals surface area (Å²) in [7, 11) is 0. The molecule has 94 valence electrons. The summed E-state index contributed by atoms with van der Waals surface area (Å²) in [6, 6.07) is 8.51. The topological polar surface area (TPSA) is 41.5 Å². The fourth-order valence-electron chi connectivity index (χ4n) is 2.31. The molecule has 1 fully saturated rings. The molecule has 1 unspecified atom stereocenters. The maximum Gasteiger partial charge on any atom is 0.115 e. The molecule has 0 spiro atoms. The van der Waals surface area contributed by atoms with E-state index in [4.69, 9.17) is 4.74 Å². The summed E-state index contributed by atoms with van der Waals surface area (Å²) in [4.78, 5) is 0. The zero-order valence-corrected chi connectivity index (χ0v) is 10.4. The van der Waals surface area contributed by atoms with Crippen LogP contribution in [-0.4, -0.2) is 30.4 Å². The van der Waals surface area contributed by atoms with Gasteiger partial charge in [0.25, 0.3) is 0 Å². The summed E-state index contributed by atoms with van der Waals surface area (Å²) in [5, 5.41) is 12.9. The second kappa shape index (κ2) is 6.03. The third kappa shape index (κ3) is 4.02. The summed E-state index contributed by atoms with van der Waals surface area (Å²) >= 11 is 0. The van der Waals surface area contributed by atoms with Gasteiger partial charge in [0.15, 0.2) is 0 Å². The average molecular weight is 235 g/mol. The molecule has 1 aromatic rings. The Morgan fingerprint density at radius 1 is 1.29 bits per heavy atom. The van der Waals surface area contributed by atoms with Gasteiger partial charge in [0, 0.05) is 25.3 Å². The Morgan fingerprint density at radius 3 is 2.59 bits per heavy atom. The minimum atomic E-state index is 0.332. The van der Waals surface area contributed by atoms with Crippen LogP contribution in [0.5, 0.6) is 5.75 Å². The molecule has 0 aliphatic carbocycles. The van der Waals surface area contributed by atoms with Crippen LogP contribution in [0.4, 0.5) is 0 Å². The molecule has 0 aromatic heterocycles. The highest BCUT2D eigenvalue weighted by Gasteiger charge is 2.15. The van der Waals surface area contributed by atoms with Crippen LogP contribution in [0.3, 0.4) is 0 Å². The van der Waals surface area contributed by atoms with Gasteiger partial charge in [-0.2, -0.15) is 0 Å². The number of hydrogen-bond donors (Lipinski definition) is 2. The van der Waals surface area contributed by atoms with Crippen molar-refractivity contribution in [3.8, 4) is 5.75 Å². The van der Waals surface area contributed by atoms with Crippen LogP contribution >= 0.6 is 0 Å². The van der Waals surface area contributed by atoms with E-state index in [1.807, 2.05) is 12.1 Å². The predicted octanol–water partition coefficient (Wildman–Crippen LogP) is 2.09. The van der Waals surface area contributed by atoms with Crippen LogP contribution in [-0.2, 0) is 11.2 Å². The fraction of sp³-hybridized carbons (Fsp3) is 0.571. The van der Waals surface area contributed by atoms with E-state index in [-0.39, 0.29) is 0 Å². The Hall–Kier alpha value is -1.06. The van der Waals surface area contributed by atoms with Crippen molar-refractivity contribution in [2.45, 2.75) is 38.3 Å². The van der Waals surface area contributed by atoms with Gasteiger partial charge >= 0.3 is 0 Å². The van der Waals surface area contributed by atoms with Gasteiger partial charge in [-0.3, -0.25) is 0 Å². The van der Waals surface area contributed by atoms with E-state index in [1.54, 1.807) is 12.1 Å². The van der Waals surface area contributed by atoms with Crippen LogP contribution in [0.2, 0.25) is 0 Å². The lowest BCUT2D eigenvalue weighted by Gasteiger charge is -2.26. The van der Waals surface area contributed by atoms with E-state index < -0.39 is 0 Å². The number of nitrogens with one attached hydrogen (secondary N) is 1. The van der Waals surface area contributed by atoms with E-state index in [0.29, 0.717) is 17.8 Å². The predicted molar refractivity (Wildman–Crippen MR) is 68.2 cm³/mol. The minimum Gasteiger partial charge on any atom is -0.508 e. The van der Waals surface area contributed by atoms with Gasteiger partial charge in [-0.05, 0) is 43.9 Å². The minimum absolute atomic E-state index is 0.332. The van der Waals surface area contributed by atoms with Gasteiger partial charge in [0.1, 0.15) is 5.75 Å². The molecule has 2 N–H and O–H groups in total. The van der Waals surface area contributed by atoms with E-state index >= 15 is 0 Å². The molecule has 0 radical (unpaired) electrons. The van der Waals surface area contributed by atoms with Crippen molar-refractivity contribution >= 4 is 0 Å². The molecule has 1 aliphatic rings. The van der Waals surface area contributed by atoms with Crippen molar-refractivity contribution in [2.24, 2.45) is 0 Å². The molecule has 2 rings (SSSR count). The van der Waals surface area contributed by atoms with Crippen molar-refractivity contribution in [3.05, 3.63) is 29.8 Å². The highest BCUT2D eigenvalue weighted by Crippen LogP contribution is 2.13. The molecule has 1 aliphatic heterocycles. The van der Waals surface area contributed by atoms with Crippen molar-refractivity contribution < 1.29 is 9.84 Å². The van der Waals surface area contributed by atoms with Crippen molar-refractivity contribution in [3.63, 3.8) is 0 Å². The number of phenolic OH excluding ortho intramolecular Hbond substituents is 1. The molecule has 17 heavy (non-hydrogen) atoms. The molecule has 1 atom stereocenters. The van der Waals surface area contributed by atoms with Gasteiger partial charge in [0.05, 0.1) is 0 Å². The van der Waals surface area contributed by atoms with E-state index in [2.05, 4.69) is 12.2 Å². The highest BCUT2D eigenvalue weighted by atomic mass is 16.5. The number of rotatable bonds is 4. The monoisotopic (exact) mass is 235 g/mol. The molecule has 3 nitrogen and oxygen atoms in total. The van der Waals surface area contributed by atoms with Gasteiger partial charge in [-0.15, -0.1) is 0 Å². The SMILES string of the molecule is CC(Cc1ccc(O)cc1)NC1CCOCC1. The van der Waals surface area contributed by atoms with E-state index in [9.17, 15) is 5.11 Å². The smallest absolute Gasteiger partial charge is 0.115 e. The molecule has 0 bridgehead atoms. The summed E-state index contributed by atoms with van der Waals surface area (Å²) < 4.78 is 5.34. The lowest BCUT2D eigenvalue weighted by atomic mass is 10.0. The molecule has 0 saturated carbocycles. The lowest BCUT2D eigenvalue weighted by molar-refractivity contribution is 0.0755. The number of phenols is 1. The number of hydrogen-bond acceptors (Lipinski definition) is 3. The Morgan fingerprint density at radius 2 is 1.94 bits per heavy atom. The number of ether oxygens (including phenoxy) is 1. The largest absolute Gasteiger partial charge is 0.508 e. The van der Waals surface area contributed by atoms with Crippen molar-refractivity contribution in [1.29, 1.82) is 0 Å².